The lowest BCUT2D eigenvalue weighted by molar-refractivity contribution is -0.164. The molecule has 2 fully saturated rings. The van der Waals surface area contributed by atoms with E-state index in [0.29, 0.717) is 13.0 Å². The second-order valence-electron chi connectivity index (χ2n) is 7.39. The molecule has 2 rings (SSSR count). The number of fused-ring (bicyclic) bond motifs is 1. The lowest BCUT2D eigenvalue weighted by Crippen LogP contribution is -2.48. The molecule has 2 aliphatic rings. The summed E-state index contributed by atoms with van der Waals surface area (Å²) < 4.78 is 5.49. The van der Waals surface area contributed by atoms with E-state index < -0.39 is 11.6 Å². The number of ether oxygens (including phenoxy) is 1. The van der Waals surface area contributed by atoms with E-state index in [1.54, 1.807) is 4.90 Å². The van der Waals surface area contributed by atoms with Crippen LogP contribution < -0.4 is 5.73 Å². The van der Waals surface area contributed by atoms with Gasteiger partial charge in [0.05, 0.1) is 0 Å². The van der Waals surface area contributed by atoms with Gasteiger partial charge in [0.15, 0.2) is 0 Å². The van der Waals surface area contributed by atoms with E-state index >= 15 is 0 Å². The van der Waals surface area contributed by atoms with E-state index in [1.807, 2.05) is 27.7 Å². The van der Waals surface area contributed by atoms with E-state index in [-0.39, 0.29) is 29.8 Å². The first-order chi connectivity index (χ1) is 9.74. The Morgan fingerprint density at radius 2 is 1.90 bits per heavy atom. The normalized spacial score (nSPS) is 33.6. The fourth-order valence-electron chi connectivity index (χ4n) is 3.52. The standard InChI is InChI=1S/C16H28N2O3/c1-10-11(9-17)5-6-12-7-8-13(18(12)14(10)19)15(20)21-16(2,3)4/h10-13H,5-9,17H2,1-4H3/t10-,11+,12-,13-/m1/s1. The summed E-state index contributed by atoms with van der Waals surface area (Å²) in [5, 5.41) is 0. The molecule has 2 aliphatic heterocycles. The van der Waals surface area contributed by atoms with Crippen LogP contribution in [-0.2, 0) is 14.3 Å². The molecular formula is C16H28N2O3. The maximum absolute atomic E-state index is 12.7. The summed E-state index contributed by atoms with van der Waals surface area (Å²) in [4.78, 5) is 26.9. The predicted molar refractivity (Wildman–Crippen MR) is 80.4 cm³/mol. The quantitative estimate of drug-likeness (QED) is 0.787. The number of nitrogens with zero attached hydrogens (tertiary/aromatic N) is 1. The molecule has 0 aromatic heterocycles. The molecule has 120 valence electrons. The Morgan fingerprint density at radius 1 is 1.29 bits per heavy atom. The summed E-state index contributed by atoms with van der Waals surface area (Å²) in [6.45, 7) is 8.04. The molecule has 4 atom stereocenters. The predicted octanol–water partition coefficient (Wildman–Crippen LogP) is 1.69. The highest BCUT2D eigenvalue weighted by atomic mass is 16.6. The van der Waals surface area contributed by atoms with Gasteiger partial charge in [-0.15, -0.1) is 0 Å². The molecule has 0 bridgehead atoms. The lowest BCUT2D eigenvalue weighted by atomic mass is 9.89. The highest BCUT2D eigenvalue weighted by Gasteiger charge is 2.46. The van der Waals surface area contributed by atoms with Crippen LogP contribution >= 0.6 is 0 Å². The van der Waals surface area contributed by atoms with Gasteiger partial charge >= 0.3 is 5.97 Å². The van der Waals surface area contributed by atoms with Gasteiger partial charge in [-0.25, -0.2) is 4.79 Å². The smallest absolute Gasteiger partial charge is 0.329 e. The SMILES string of the molecule is C[C@H]1C(=O)N2[C@H](CC[C@H]1CN)CC[C@@H]2C(=O)OC(C)(C)C. The molecule has 2 N–H and O–H groups in total. The molecule has 5 nitrogen and oxygen atoms in total. The topological polar surface area (TPSA) is 72.6 Å². The van der Waals surface area contributed by atoms with Gasteiger partial charge in [0, 0.05) is 12.0 Å². The molecule has 0 unspecified atom stereocenters. The fourth-order valence-corrected chi connectivity index (χ4v) is 3.52. The Kier molecular flexibility index (Phi) is 4.61. The van der Waals surface area contributed by atoms with Crippen LogP contribution in [-0.4, -0.2) is 41.0 Å². The van der Waals surface area contributed by atoms with E-state index in [0.717, 1.165) is 19.3 Å². The largest absolute Gasteiger partial charge is 0.458 e. The number of rotatable bonds is 2. The molecule has 2 heterocycles. The van der Waals surface area contributed by atoms with Gasteiger partial charge in [-0.05, 0) is 58.9 Å². The molecule has 2 saturated heterocycles. The number of carbonyl (C=O) groups is 2. The molecule has 5 heteroatoms. The average molecular weight is 296 g/mol. The van der Waals surface area contributed by atoms with Crippen molar-refractivity contribution >= 4 is 11.9 Å². The second-order valence-corrected chi connectivity index (χ2v) is 7.39. The summed E-state index contributed by atoms with van der Waals surface area (Å²) in [7, 11) is 0. The van der Waals surface area contributed by atoms with Gasteiger partial charge in [0.1, 0.15) is 11.6 Å². The third-order valence-corrected chi connectivity index (χ3v) is 4.71. The Balaban J connectivity index is 2.17. The number of esters is 1. The molecule has 0 aromatic carbocycles. The zero-order chi connectivity index (χ0) is 15.8. The number of amides is 1. The molecule has 1 amide bonds. The number of hydrogen-bond acceptors (Lipinski definition) is 4. The van der Waals surface area contributed by atoms with Crippen molar-refractivity contribution in [3.05, 3.63) is 0 Å². The summed E-state index contributed by atoms with van der Waals surface area (Å²) in [5.41, 5.74) is 5.27. The van der Waals surface area contributed by atoms with E-state index in [4.69, 9.17) is 10.5 Å². The Morgan fingerprint density at radius 3 is 2.48 bits per heavy atom. The van der Waals surface area contributed by atoms with Crippen LogP contribution in [0.4, 0.5) is 0 Å². The zero-order valence-corrected chi connectivity index (χ0v) is 13.6. The molecule has 0 saturated carbocycles. The summed E-state index contributed by atoms with van der Waals surface area (Å²) in [5.74, 6) is -0.0801. The fraction of sp³-hybridized carbons (Fsp3) is 0.875. The van der Waals surface area contributed by atoms with Crippen molar-refractivity contribution in [3.8, 4) is 0 Å². The minimum Gasteiger partial charge on any atom is -0.458 e. The van der Waals surface area contributed by atoms with Crippen molar-refractivity contribution < 1.29 is 14.3 Å². The van der Waals surface area contributed by atoms with Crippen molar-refractivity contribution in [2.24, 2.45) is 17.6 Å². The number of nitrogens with two attached hydrogens (primary N) is 1. The van der Waals surface area contributed by atoms with Crippen LogP contribution in [0.3, 0.4) is 0 Å². The van der Waals surface area contributed by atoms with Gasteiger partial charge in [-0.2, -0.15) is 0 Å². The van der Waals surface area contributed by atoms with Crippen molar-refractivity contribution in [2.75, 3.05) is 6.54 Å². The first kappa shape index (κ1) is 16.3. The Hall–Kier alpha value is -1.10. The second kappa shape index (κ2) is 5.95. The summed E-state index contributed by atoms with van der Waals surface area (Å²) >= 11 is 0. The van der Waals surface area contributed by atoms with Crippen LogP contribution in [0.5, 0.6) is 0 Å². The Bertz CT molecular complexity index is 416. The zero-order valence-electron chi connectivity index (χ0n) is 13.6. The van der Waals surface area contributed by atoms with Gasteiger partial charge in [0.2, 0.25) is 5.91 Å². The molecular weight excluding hydrogens is 268 g/mol. The number of carbonyl (C=O) groups excluding carboxylic acids is 2. The van der Waals surface area contributed by atoms with Gasteiger partial charge in [0.25, 0.3) is 0 Å². The van der Waals surface area contributed by atoms with Crippen LogP contribution in [0.1, 0.15) is 53.4 Å². The van der Waals surface area contributed by atoms with Gasteiger partial charge in [-0.1, -0.05) is 6.92 Å². The van der Waals surface area contributed by atoms with E-state index in [1.165, 1.54) is 0 Å². The Labute approximate surface area is 127 Å². The van der Waals surface area contributed by atoms with Crippen molar-refractivity contribution in [1.82, 2.24) is 4.90 Å². The van der Waals surface area contributed by atoms with E-state index in [9.17, 15) is 9.59 Å². The van der Waals surface area contributed by atoms with Crippen molar-refractivity contribution in [3.63, 3.8) is 0 Å². The molecule has 21 heavy (non-hydrogen) atoms. The highest BCUT2D eigenvalue weighted by molar-refractivity contribution is 5.87. The van der Waals surface area contributed by atoms with Crippen molar-refractivity contribution in [1.29, 1.82) is 0 Å². The van der Waals surface area contributed by atoms with Crippen LogP contribution in [0.2, 0.25) is 0 Å². The van der Waals surface area contributed by atoms with Crippen molar-refractivity contribution in [2.45, 2.75) is 71.1 Å². The molecule has 0 aromatic rings. The first-order valence-electron chi connectivity index (χ1n) is 7.99. The molecule has 0 radical (unpaired) electrons. The average Bonchev–Trinajstić information content (AvgIpc) is 2.75. The molecule has 0 aliphatic carbocycles. The maximum atomic E-state index is 12.7. The summed E-state index contributed by atoms with van der Waals surface area (Å²) in [6, 6.07) is -0.241. The van der Waals surface area contributed by atoms with Crippen LogP contribution in [0, 0.1) is 11.8 Å². The number of hydrogen-bond donors (Lipinski definition) is 1. The van der Waals surface area contributed by atoms with Gasteiger partial charge in [-0.3, -0.25) is 4.79 Å². The van der Waals surface area contributed by atoms with Gasteiger partial charge < -0.3 is 15.4 Å². The minimum atomic E-state index is -0.518. The molecule has 0 spiro atoms. The lowest BCUT2D eigenvalue weighted by Gasteiger charge is -2.31. The minimum absolute atomic E-state index is 0.0707. The van der Waals surface area contributed by atoms with Crippen LogP contribution in [0.25, 0.3) is 0 Å². The third-order valence-electron chi connectivity index (χ3n) is 4.71. The third kappa shape index (κ3) is 3.39. The van der Waals surface area contributed by atoms with E-state index in [2.05, 4.69) is 0 Å². The highest BCUT2D eigenvalue weighted by Crippen LogP contribution is 2.36. The van der Waals surface area contributed by atoms with Crippen LogP contribution in [0.15, 0.2) is 0 Å². The summed E-state index contributed by atoms with van der Waals surface area (Å²) in [6.07, 6.45) is 3.51. The first-order valence-corrected chi connectivity index (χ1v) is 7.99. The maximum Gasteiger partial charge on any atom is 0.329 e. The monoisotopic (exact) mass is 296 g/mol.